The first kappa shape index (κ1) is 22.7. The van der Waals surface area contributed by atoms with Crippen LogP contribution in [0.25, 0.3) is 0 Å². The van der Waals surface area contributed by atoms with Crippen LogP contribution in [-0.4, -0.2) is 73.1 Å². The molecule has 1 atom stereocenters. The van der Waals surface area contributed by atoms with Crippen molar-refractivity contribution in [3.8, 4) is 5.75 Å². The Hall–Kier alpha value is -2.32. The number of carbonyl (C=O) groups excluding carboxylic acids is 1. The normalized spacial score (nSPS) is 12.4. The molecule has 8 heteroatoms. The largest absolute Gasteiger partial charge is 0.491 e. The lowest BCUT2D eigenvalue weighted by Crippen LogP contribution is -2.57. The highest BCUT2D eigenvalue weighted by Crippen LogP contribution is 2.23. The fourth-order valence-electron chi connectivity index (χ4n) is 2.66. The molecule has 1 aromatic rings. The van der Waals surface area contributed by atoms with Crippen molar-refractivity contribution in [3.05, 3.63) is 29.8 Å². The SMILES string of the molecule is COCCOc1ccc(C[C@@H](C(=O)N(C)OC)N(C(=O)O)C(C)(C)C)cc1. The number of rotatable bonds is 9. The monoisotopic (exact) mass is 382 g/mol. The Morgan fingerprint density at radius 3 is 2.15 bits per heavy atom. The van der Waals surface area contributed by atoms with Gasteiger partial charge in [-0.05, 0) is 38.5 Å². The van der Waals surface area contributed by atoms with Crippen molar-refractivity contribution in [1.29, 1.82) is 0 Å². The molecule has 0 spiro atoms. The van der Waals surface area contributed by atoms with Crippen LogP contribution < -0.4 is 4.74 Å². The number of ether oxygens (including phenoxy) is 2. The van der Waals surface area contributed by atoms with Gasteiger partial charge in [0.25, 0.3) is 5.91 Å². The predicted molar refractivity (Wildman–Crippen MR) is 101 cm³/mol. The molecule has 0 aliphatic carbocycles. The number of amides is 2. The van der Waals surface area contributed by atoms with Crippen molar-refractivity contribution in [2.75, 3.05) is 34.5 Å². The lowest BCUT2D eigenvalue weighted by Gasteiger charge is -2.39. The van der Waals surface area contributed by atoms with Crippen molar-refractivity contribution in [2.24, 2.45) is 0 Å². The van der Waals surface area contributed by atoms with Crippen molar-refractivity contribution >= 4 is 12.0 Å². The number of carbonyl (C=O) groups is 2. The van der Waals surface area contributed by atoms with Gasteiger partial charge in [0.1, 0.15) is 18.4 Å². The summed E-state index contributed by atoms with van der Waals surface area (Å²) in [5.74, 6) is 0.244. The minimum absolute atomic E-state index is 0.217. The minimum atomic E-state index is -1.16. The van der Waals surface area contributed by atoms with E-state index in [9.17, 15) is 14.7 Å². The van der Waals surface area contributed by atoms with E-state index in [2.05, 4.69) is 0 Å². The van der Waals surface area contributed by atoms with Gasteiger partial charge in [-0.2, -0.15) is 0 Å². The molecule has 27 heavy (non-hydrogen) atoms. The van der Waals surface area contributed by atoms with Crippen LogP contribution in [0.15, 0.2) is 24.3 Å². The van der Waals surface area contributed by atoms with Crippen LogP contribution in [0.4, 0.5) is 4.79 Å². The van der Waals surface area contributed by atoms with Crippen LogP contribution in [0.3, 0.4) is 0 Å². The van der Waals surface area contributed by atoms with Crippen LogP contribution in [0.1, 0.15) is 26.3 Å². The Morgan fingerprint density at radius 2 is 1.70 bits per heavy atom. The molecule has 2 amide bonds. The number of nitrogens with zero attached hydrogens (tertiary/aromatic N) is 2. The number of benzene rings is 1. The topological polar surface area (TPSA) is 88.5 Å². The minimum Gasteiger partial charge on any atom is -0.491 e. The number of hydroxylamine groups is 2. The average molecular weight is 382 g/mol. The maximum atomic E-state index is 12.8. The third-order valence-electron chi connectivity index (χ3n) is 4.02. The predicted octanol–water partition coefficient (Wildman–Crippen LogP) is 2.42. The number of carboxylic acid groups (broad SMARTS) is 1. The number of hydrogen-bond acceptors (Lipinski definition) is 5. The Labute approximate surface area is 160 Å². The summed E-state index contributed by atoms with van der Waals surface area (Å²) in [6.45, 7) is 6.18. The van der Waals surface area contributed by atoms with Gasteiger partial charge in [0.15, 0.2) is 0 Å². The molecule has 0 radical (unpaired) electrons. The molecule has 0 saturated carbocycles. The Morgan fingerprint density at radius 1 is 1.11 bits per heavy atom. The van der Waals surface area contributed by atoms with Crippen molar-refractivity contribution in [2.45, 2.75) is 38.8 Å². The van der Waals surface area contributed by atoms with E-state index in [-0.39, 0.29) is 6.42 Å². The number of likely N-dealkylation sites (N-methyl/N-ethyl adjacent to an activating group) is 1. The zero-order valence-corrected chi connectivity index (χ0v) is 16.9. The molecule has 0 fully saturated rings. The van der Waals surface area contributed by atoms with Gasteiger partial charge in [-0.25, -0.2) is 9.86 Å². The second-order valence-corrected chi connectivity index (χ2v) is 7.05. The van der Waals surface area contributed by atoms with Gasteiger partial charge in [0, 0.05) is 26.1 Å². The first-order valence-corrected chi connectivity index (χ1v) is 8.66. The molecule has 0 bridgehead atoms. The summed E-state index contributed by atoms with van der Waals surface area (Å²) in [6.07, 6.45) is -0.945. The van der Waals surface area contributed by atoms with E-state index in [0.717, 1.165) is 15.5 Å². The molecule has 152 valence electrons. The summed E-state index contributed by atoms with van der Waals surface area (Å²) in [5, 5.41) is 10.8. The van der Waals surface area contributed by atoms with Gasteiger partial charge in [0.2, 0.25) is 0 Å². The molecule has 1 aromatic carbocycles. The fourth-order valence-corrected chi connectivity index (χ4v) is 2.66. The van der Waals surface area contributed by atoms with Crippen LogP contribution >= 0.6 is 0 Å². The van der Waals surface area contributed by atoms with E-state index in [4.69, 9.17) is 14.3 Å². The van der Waals surface area contributed by atoms with E-state index in [1.54, 1.807) is 40.0 Å². The van der Waals surface area contributed by atoms with Crippen molar-refractivity contribution in [1.82, 2.24) is 9.96 Å². The summed E-state index contributed by atoms with van der Waals surface area (Å²) >= 11 is 0. The summed E-state index contributed by atoms with van der Waals surface area (Å²) in [7, 11) is 4.43. The molecule has 1 N–H and O–H groups in total. The molecular formula is C19H30N2O6. The number of methoxy groups -OCH3 is 1. The quantitative estimate of drug-likeness (QED) is 0.521. The molecule has 0 aliphatic heterocycles. The first-order valence-electron chi connectivity index (χ1n) is 8.66. The highest BCUT2D eigenvalue weighted by molar-refractivity contribution is 5.85. The van der Waals surface area contributed by atoms with Crippen LogP contribution in [0, 0.1) is 0 Å². The third-order valence-corrected chi connectivity index (χ3v) is 4.02. The van der Waals surface area contributed by atoms with Gasteiger partial charge < -0.3 is 14.6 Å². The molecule has 0 heterocycles. The van der Waals surface area contributed by atoms with E-state index >= 15 is 0 Å². The lowest BCUT2D eigenvalue weighted by atomic mass is 9.97. The Kier molecular flexibility index (Phi) is 8.52. The molecule has 0 aliphatic rings. The van der Waals surface area contributed by atoms with Crippen LogP contribution in [-0.2, 0) is 20.8 Å². The molecule has 8 nitrogen and oxygen atoms in total. The zero-order valence-electron chi connectivity index (χ0n) is 16.9. The summed E-state index contributed by atoms with van der Waals surface area (Å²) in [5.41, 5.74) is 0.0525. The summed E-state index contributed by atoms with van der Waals surface area (Å²) in [6, 6.07) is 6.28. The van der Waals surface area contributed by atoms with Gasteiger partial charge in [-0.3, -0.25) is 14.5 Å². The molecular weight excluding hydrogens is 352 g/mol. The van der Waals surface area contributed by atoms with Gasteiger partial charge >= 0.3 is 6.09 Å². The van der Waals surface area contributed by atoms with E-state index < -0.39 is 23.6 Å². The molecule has 0 aromatic heterocycles. The van der Waals surface area contributed by atoms with Crippen LogP contribution in [0.2, 0.25) is 0 Å². The standard InChI is InChI=1S/C19H30N2O6/c1-19(2,3)21(18(23)24)16(17(22)20(4)26-6)13-14-7-9-15(10-8-14)27-12-11-25-5/h7-10,16H,11-13H2,1-6H3,(H,23,24)/t16-/m0/s1. The van der Waals surface area contributed by atoms with Gasteiger partial charge in [-0.1, -0.05) is 12.1 Å². The Bertz CT molecular complexity index is 612. The van der Waals surface area contributed by atoms with Gasteiger partial charge in [-0.15, -0.1) is 0 Å². The first-order chi connectivity index (χ1) is 12.6. The maximum absolute atomic E-state index is 12.8. The average Bonchev–Trinajstić information content (AvgIpc) is 2.60. The molecule has 0 saturated heterocycles. The molecule has 1 rings (SSSR count). The smallest absolute Gasteiger partial charge is 0.408 e. The third kappa shape index (κ3) is 6.73. The highest BCUT2D eigenvalue weighted by Gasteiger charge is 2.39. The number of hydrogen-bond donors (Lipinski definition) is 1. The second kappa shape index (κ2) is 10.1. The molecule has 0 unspecified atom stereocenters. The highest BCUT2D eigenvalue weighted by atomic mass is 16.7. The maximum Gasteiger partial charge on any atom is 0.408 e. The van der Waals surface area contributed by atoms with E-state index in [1.165, 1.54) is 14.2 Å². The van der Waals surface area contributed by atoms with E-state index in [0.29, 0.717) is 19.0 Å². The van der Waals surface area contributed by atoms with E-state index in [1.807, 2.05) is 12.1 Å². The van der Waals surface area contributed by atoms with Gasteiger partial charge in [0.05, 0.1) is 13.7 Å². The van der Waals surface area contributed by atoms with Crippen LogP contribution in [0.5, 0.6) is 5.75 Å². The second-order valence-electron chi connectivity index (χ2n) is 7.05. The van der Waals surface area contributed by atoms with Crippen molar-refractivity contribution in [3.63, 3.8) is 0 Å². The lowest BCUT2D eigenvalue weighted by molar-refractivity contribution is -0.175. The summed E-state index contributed by atoms with van der Waals surface area (Å²) < 4.78 is 10.5. The fraction of sp³-hybridized carbons (Fsp3) is 0.579. The zero-order chi connectivity index (χ0) is 20.6. The van der Waals surface area contributed by atoms with Crippen molar-refractivity contribution < 1.29 is 29.0 Å². The summed E-state index contributed by atoms with van der Waals surface area (Å²) in [4.78, 5) is 30.8. The Balaban J connectivity index is 3.06.